The van der Waals surface area contributed by atoms with Gasteiger partial charge in [0.15, 0.2) is 0 Å². The minimum Gasteiger partial charge on any atom is -0.297 e. The number of nitrogens with zero attached hydrogens (tertiary/aromatic N) is 1. The van der Waals surface area contributed by atoms with Gasteiger partial charge in [-0.3, -0.25) is 4.90 Å². The summed E-state index contributed by atoms with van der Waals surface area (Å²) in [4.78, 5) is 1.78. The van der Waals surface area contributed by atoms with E-state index in [1.807, 2.05) is 30.3 Å². The van der Waals surface area contributed by atoms with Crippen LogP contribution < -0.4 is 0 Å². The number of likely N-dealkylation sites (tertiary alicyclic amines) is 1. The summed E-state index contributed by atoms with van der Waals surface area (Å²) in [6.45, 7) is 2.80. The molecule has 88 valence electrons. The minimum absolute atomic E-state index is 0.0498. The molecule has 3 heteroatoms. The highest BCUT2D eigenvalue weighted by Crippen LogP contribution is 2.39. The van der Waals surface area contributed by atoms with Gasteiger partial charge in [-0.05, 0) is 18.5 Å². The highest BCUT2D eigenvalue weighted by Gasteiger charge is 2.43. The van der Waals surface area contributed by atoms with Crippen molar-refractivity contribution in [2.24, 2.45) is 5.92 Å². The summed E-state index contributed by atoms with van der Waals surface area (Å²) in [7, 11) is 1.79. The van der Waals surface area contributed by atoms with Crippen molar-refractivity contribution < 1.29 is 8.78 Å². The van der Waals surface area contributed by atoms with Crippen LogP contribution in [0.4, 0.5) is 8.78 Å². The lowest BCUT2D eigenvalue weighted by Gasteiger charge is -2.25. The lowest BCUT2D eigenvalue weighted by atomic mass is 9.85. The Balaban J connectivity index is 2.31. The van der Waals surface area contributed by atoms with Crippen LogP contribution in [0.3, 0.4) is 0 Å². The zero-order valence-corrected chi connectivity index (χ0v) is 9.61. The first kappa shape index (κ1) is 11.5. The summed E-state index contributed by atoms with van der Waals surface area (Å²) >= 11 is 0. The van der Waals surface area contributed by atoms with E-state index in [0.717, 1.165) is 12.1 Å². The van der Waals surface area contributed by atoms with Crippen LogP contribution in [0.1, 0.15) is 18.4 Å². The standard InChI is InChI=1S/C13H17F2N/c1-9-8-16(2)12(13(14)15)11(9)10-6-4-3-5-7-10/h3-7,9,11-13H,8H2,1-2H3/t9?,11-,12-/m0/s1. The Labute approximate surface area is 95.1 Å². The summed E-state index contributed by atoms with van der Waals surface area (Å²) in [5.74, 6) is 0.234. The Morgan fingerprint density at radius 1 is 1.25 bits per heavy atom. The zero-order valence-electron chi connectivity index (χ0n) is 9.61. The highest BCUT2D eigenvalue weighted by molar-refractivity contribution is 5.24. The molecule has 0 amide bonds. The van der Waals surface area contributed by atoms with E-state index < -0.39 is 12.5 Å². The quantitative estimate of drug-likeness (QED) is 0.748. The van der Waals surface area contributed by atoms with Gasteiger partial charge in [-0.25, -0.2) is 8.78 Å². The molecule has 1 nitrogen and oxygen atoms in total. The topological polar surface area (TPSA) is 3.24 Å². The smallest absolute Gasteiger partial charge is 0.254 e. The molecular formula is C13H17F2N. The lowest BCUT2D eigenvalue weighted by Crippen LogP contribution is -2.35. The maximum Gasteiger partial charge on any atom is 0.254 e. The summed E-state index contributed by atoms with van der Waals surface area (Å²) < 4.78 is 26.1. The van der Waals surface area contributed by atoms with Gasteiger partial charge in [0.2, 0.25) is 0 Å². The number of likely N-dealkylation sites (N-methyl/N-ethyl adjacent to an activating group) is 1. The van der Waals surface area contributed by atoms with Crippen molar-refractivity contribution in [2.75, 3.05) is 13.6 Å². The second kappa shape index (κ2) is 4.50. The van der Waals surface area contributed by atoms with Gasteiger partial charge in [0.25, 0.3) is 6.43 Å². The normalized spacial score (nSPS) is 31.2. The van der Waals surface area contributed by atoms with E-state index in [-0.39, 0.29) is 11.8 Å². The Kier molecular flexibility index (Phi) is 3.24. The second-order valence-corrected chi connectivity index (χ2v) is 4.68. The molecule has 1 aliphatic rings. The Morgan fingerprint density at radius 3 is 2.44 bits per heavy atom. The first-order valence-corrected chi connectivity index (χ1v) is 5.64. The first-order chi connectivity index (χ1) is 7.61. The maximum absolute atomic E-state index is 13.1. The predicted octanol–water partition coefficient (Wildman–Crippen LogP) is 2.99. The van der Waals surface area contributed by atoms with Gasteiger partial charge in [-0.15, -0.1) is 0 Å². The van der Waals surface area contributed by atoms with Gasteiger partial charge in [-0.2, -0.15) is 0 Å². The molecule has 16 heavy (non-hydrogen) atoms. The van der Waals surface area contributed by atoms with Gasteiger partial charge >= 0.3 is 0 Å². The van der Waals surface area contributed by atoms with Crippen LogP contribution >= 0.6 is 0 Å². The average molecular weight is 225 g/mol. The fourth-order valence-electron chi connectivity index (χ4n) is 2.85. The molecule has 1 aromatic carbocycles. The number of hydrogen-bond acceptors (Lipinski definition) is 1. The second-order valence-electron chi connectivity index (χ2n) is 4.68. The first-order valence-electron chi connectivity index (χ1n) is 5.64. The van der Waals surface area contributed by atoms with Gasteiger partial charge in [-0.1, -0.05) is 37.3 Å². The molecule has 2 rings (SSSR count). The summed E-state index contributed by atoms with van der Waals surface area (Å²) in [5, 5.41) is 0. The molecule has 0 aromatic heterocycles. The third-order valence-corrected chi connectivity index (χ3v) is 3.51. The van der Waals surface area contributed by atoms with Crippen molar-refractivity contribution in [3.63, 3.8) is 0 Å². The minimum atomic E-state index is -2.28. The molecule has 1 aromatic rings. The van der Waals surface area contributed by atoms with Gasteiger partial charge < -0.3 is 0 Å². The number of halogens is 2. The predicted molar refractivity (Wildman–Crippen MR) is 60.8 cm³/mol. The fourth-order valence-corrected chi connectivity index (χ4v) is 2.85. The SMILES string of the molecule is CC1CN(C)[C@H](C(F)F)[C@@H]1c1ccccc1. The van der Waals surface area contributed by atoms with Crippen molar-refractivity contribution in [3.05, 3.63) is 35.9 Å². The summed E-state index contributed by atoms with van der Waals surface area (Å²) in [6, 6.07) is 9.03. The molecule has 3 atom stereocenters. The molecular weight excluding hydrogens is 208 g/mol. The molecule has 1 heterocycles. The van der Waals surface area contributed by atoms with Crippen LogP contribution in [0, 0.1) is 5.92 Å². The molecule has 0 spiro atoms. The third-order valence-electron chi connectivity index (χ3n) is 3.51. The Morgan fingerprint density at radius 2 is 1.88 bits per heavy atom. The monoisotopic (exact) mass is 225 g/mol. The molecule has 0 aliphatic carbocycles. The third kappa shape index (κ3) is 1.96. The number of benzene rings is 1. The molecule has 0 radical (unpaired) electrons. The van der Waals surface area contributed by atoms with Crippen LogP contribution in [0.15, 0.2) is 30.3 Å². The largest absolute Gasteiger partial charge is 0.297 e. The van der Waals surface area contributed by atoms with Gasteiger partial charge in [0.1, 0.15) is 0 Å². The molecule has 0 saturated carbocycles. The van der Waals surface area contributed by atoms with Crippen LogP contribution in [0.25, 0.3) is 0 Å². The number of hydrogen-bond donors (Lipinski definition) is 0. The van der Waals surface area contributed by atoms with E-state index in [2.05, 4.69) is 6.92 Å². The molecule has 1 aliphatic heterocycles. The molecule has 0 bridgehead atoms. The van der Waals surface area contributed by atoms with Gasteiger partial charge in [0.05, 0.1) is 6.04 Å². The van der Waals surface area contributed by atoms with Crippen molar-refractivity contribution in [1.82, 2.24) is 4.90 Å². The van der Waals surface area contributed by atoms with E-state index in [1.54, 1.807) is 11.9 Å². The number of rotatable bonds is 2. The van der Waals surface area contributed by atoms with Crippen molar-refractivity contribution in [1.29, 1.82) is 0 Å². The number of alkyl halides is 2. The fraction of sp³-hybridized carbons (Fsp3) is 0.538. The van der Waals surface area contributed by atoms with Crippen LogP contribution in [0.2, 0.25) is 0 Å². The van der Waals surface area contributed by atoms with Crippen LogP contribution in [-0.4, -0.2) is 31.0 Å². The van der Waals surface area contributed by atoms with Crippen molar-refractivity contribution >= 4 is 0 Å². The Bertz CT molecular complexity index is 339. The van der Waals surface area contributed by atoms with E-state index in [1.165, 1.54) is 0 Å². The Hall–Kier alpha value is -0.960. The average Bonchev–Trinajstić information content (AvgIpc) is 2.55. The summed E-state index contributed by atoms with van der Waals surface area (Å²) in [5.41, 5.74) is 1.03. The summed E-state index contributed by atoms with van der Waals surface area (Å²) in [6.07, 6.45) is -2.28. The van der Waals surface area contributed by atoms with E-state index >= 15 is 0 Å². The van der Waals surface area contributed by atoms with Crippen LogP contribution in [0.5, 0.6) is 0 Å². The highest BCUT2D eigenvalue weighted by atomic mass is 19.3. The molecule has 0 N–H and O–H groups in total. The lowest BCUT2D eigenvalue weighted by molar-refractivity contribution is 0.0510. The van der Waals surface area contributed by atoms with Gasteiger partial charge in [0, 0.05) is 12.5 Å². The van der Waals surface area contributed by atoms with Crippen molar-refractivity contribution in [3.8, 4) is 0 Å². The molecule has 1 saturated heterocycles. The zero-order chi connectivity index (χ0) is 11.7. The molecule has 1 fully saturated rings. The van der Waals surface area contributed by atoms with E-state index in [9.17, 15) is 8.78 Å². The van der Waals surface area contributed by atoms with Crippen LogP contribution in [-0.2, 0) is 0 Å². The maximum atomic E-state index is 13.1. The van der Waals surface area contributed by atoms with E-state index in [0.29, 0.717) is 0 Å². The van der Waals surface area contributed by atoms with E-state index in [4.69, 9.17) is 0 Å². The van der Waals surface area contributed by atoms with Crippen molar-refractivity contribution in [2.45, 2.75) is 25.3 Å². The molecule has 1 unspecified atom stereocenters.